The fraction of sp³-hybridized carbons (Fsp3) is 0.0800. The second-order valence-corrected chi connectivity index (χ2v) is 5.87. The molecule has 0 heterocycles. The third kappa shape index (κ3) is 5.04. The first-order valence-corrected chi connectivity index (χ1v) is 8.64. The van der Waals surface area contributed by atoms with E-state index in [0.717, 1.165) is 28.0 Å². The van der Waals surface area contributed by atoms with Gasteiger partial charge in [0.05, 0.1) is 19.8 Å². The van der Waals surface area contributed by atoms with Crippen molar-refractivity contribution in [3.05, 3.63) is 101 Å². The van der Waals surface area contributed by atoms with Gasteiger partial charge in [0.2, 0.25) is 0 Å². The zero-order valence-corrected chi connectivity index (χ0v) is 15.7. The van der Waals surface area contributed by atoms with Gasteiger partial charge in [0.15, 0.2) is 0 Å². The Kier molecular flexibility index (Phi) is 6.13. The molecule has 0 unspecified atom stereocenters. The Morgan fingerprint density at radius 2 is 0.964 bits per heavy atom. The summed E-state index contributed by atoms with van der Waals surface area (Å²) in [6, 6.07) is 22.4. The van der Waals surface area contributed by atoms with E-state index < -0.39 is 0 Å². The highest BCUT2D eigenvalue weighted by Crippen LogP contribution is 2.11. The van der Waals surface area contributed by atoms with E-state index in [0.29, 0.717) is 5.56 Å². The van der Waals surface area contributed by atoms with E-state index in [9.17, 15) is 4.79 Å². The summed E-state index contributed by atoms with van der Waals surface area (Å²) in [4.78, 5) is 11.4. The monoisotopic (exact) mass is 366 g/mol. The highest BCUT2D eigenvalue weighted by Gasteiger charge is 2.03. The average Bonchev–Trinajstić information content (AvgIpc) is 2.77. The first kappa shape index (κ1) is 18.8. The molecular weight excluding hydrogens is 348 g/mol. The minimum atomic E-state index is -0.356. The molecule has 0 saturated heterocycles. The molecule has 28 heavy (non-hydrogen) atoms. The summed E-state index contributed by atoms with van der Waals surface area (Å²) in [6.07, 6.45) is 0. The van der Waals surface area contributed by atoms with Gasteiger partial charge in [-0.25, -0.2) is 4.79 Å². The highest BCUT2D eigenvalue weighted by atomic mass is 16.5. The van der Waals surface area contributed by atoms with Crippen LogP contribution in [0.4, 0.5) is 0 Å². The van der Waals surface area contributed by atoms with Crippen LogP contribution in [0.1, 0.15) is 32.6 Å². The Morgan fingerprint density at radius 3 is 1.32 bits per heavy atom. The van der Waals surface area contributed by atoms with Gasteiger partial charge in [-0.15, -0.1) is 0 Å². The maximum absolute atomic E-state index is 11.4. The molecule has 0 aromatic heterocycles. The van der Waals surface area contributed by atoms with E-state index in [1.807, 2.05) is 48.5 Å². The number of carbonyl (C=O) groups is 1. The lowest BCUT2D eigenvalue weighted by atomic mass is 10.1. The van der Waals surface area contributed by atoms with Crippen LogP contribution in [0.5, 0.6) is 5.75 Å². The van der Waals surface area contributed by atoms with Gasteiger partial charge in [0.25, 0.3) is 0 Å². The maximum Gasteiger partial charge on any atom is 0.337 e. The van der Waals surface area contributed by atoms with Gasteiger partial charge in [-0.3, -0.25) is 0 Å². The molecule has 0 aliphatic rings. The summed E-state index contributed by atoms with van der Waals surface area (Å²) in [5.41, 5.74) is 4.08. The molecule has 3 heteroatoms. The van der Waals surface area contributed by atoms with E-state index in [1.165, 1.54) is 7.11 Å². The van der Waals surface area contributed by atoms with E-state index in [4.69, 9.17) is 4.74 Å². The third-order valence-corrected chi connectivity index (χ3v) is 3.98. The molecule has 0 N–H and O–H groups in total. The van der Waals surface area contributed by atoms with Gasteiger partial charge in [-0.2, -0.15) is 0 Å². The Morgan fingerprint density at radius 1 is 0.607 bits per heavy atom. The normalized spacial score (nSPS) is 9.36. The molecule has 3 aromatic carbocycles. The molecule has 0 saturated carbocycles. The number of hydrogen-bond acceptors (Lipinski definition) is 3. The van der Waals surface area contributed by atoms with Crippen LogP contribution in [0.15, 0.2) is 72.8 Å². The van der Waals surface area contributed by atoms with Crippen LogP contribution < -0.4 is 4.74 Å². The van der Waals surface area contributed by atoms with E-state index >= 15 is 0 Å². The summed E-state index contributed by atoms with van der Waals surface area (Å²) < 4.78 is 9.82. The highest BCUT2D eigenvalue weighted by molar-refractivity contribution is 5.89. The molecule has 3 nitrogen and oxygen atoms in total. The Bertz CT molecular complexity index is 1070. The first-order chi connectivity index (χ1) is 13.7. The van der Waals surface area contributed by atoms with Crippen molar-refractivity contribution in [2.24, 2.45) is 0 Å². The minimum absolute atomic E-state index is 0.356. The first-order valence-electron chi connectivity index (χ1n) is 8.64. The smallest absolute Gasteiger partial charge is 0.337 e. The van der Waals surface area contributed by atoms with E-state index in [-0.39, 0.29) is 5.97 Å². The largest absolute Gasteiger partial charge is 0.497 e. The Labute approximate surface area is 164 Å². The van der Waals surface area contributed by atoms with Gasteiger partial charge in [-0.05, 0) is 72.8 Å². The lowest BCUT2D eigenvalue weighted by Crippen LogP contribution is -2.00. The number of methoxy groups -OCH3 is 2. The van der Waals surface area contributed by atoms with Crippen molar-refractivity contribution in [1.82, 2.24) is 0 Å². The van der Waals surface area contributed by atoms with Gasteiger partial charge in [0.1, 0.15) is 5.75 Å². The van der Waals surface area contributed by atoms with Crippen LogP contribution >= 0.6 is 0 Å². The quantitative estimate of drug-likeness (QED) is 0.502. The molecule has 136 valence electrons. The number of rotatable bonds is 2. The summed E-state index contributed by atoms with van der Waals surface area (Å²) in [6.45, 7) is 0. The number of carbonyl (C=O) groups excluding carboxylic acids is 1. The maximum atomic E-state index is 11.4. The van der Waals surface area contributed by atoms with Crippen LogP contribution in [0.3, 0.4) is 0 Å². The molecule has 0 bridgehead atoms. The van der Waals surface area contributed by atoms with E-state index in [1.54, 1.807) is 31.4 Å². The number of ether oxygens (including phenoxy) is 2. The summed E-state index contributed by atoms with van der Waals surface area (Å²) in [5, 5.41) is 0. The molecule has 0 atom stereocenters. The van der Waals surface area contributed by atoms with Crippen LogP contribution in [-0.4, -0.2) is 20.2 Å². The predicted octanol–water partition coefficient (Wildman–Crippen LogP) is 4.28. The topological polar surface area (TPSA) is 35.5 Å². The lowest BCUT2D eigenvalue weighted by Gasteiger charge is -1.98. The summed E-state index contributed by atoms with van der Waals surface area (Å²) in [7, 11) is 3.00. The van der Waals surface area contributed by atoms with Gasteiger partial charge in [-0.1, -0.05) is 23.7 Å². The molecule has 0 spiro atoms. The minimum Gasteiger partial charge on any atom is -0.497 e. The number of benzene rings is 3. The third-order valence-electron chi connectivity index (χ3n) is 3.98. The van der Waals surface area contributed by atoms with Crippen molar-refractivity contribution in [1.29, 1.82) is 0 Å². The molecular formula is C25H18O3. The van der Waals surface area contributed by atoms with Crippen LogP contribution in [0.2, 0.25) is 0 Å². The van der Waals surface area contributed by atoms with Crippen molar-refractivity contribution >= 4 is 5.97 Å². The molecule has 0 radical (unpaired) electrons. The average molecular weight is 366 g/mol. The Balaban J connectivity index is 1.67. The SMILES string of the molecule is COC(=O)c1ccc(C#Cc2ccc(C#Cc3ccc(OC)cc3)cc2)cc1. The zero-order chi connectivity index (χ0) is 19.8. The summed E-state index contributed by atoms with van der Waals surface area (Å²) >= 11 is 0. The van der Waals surface area contributed by atoms with Crippen LogP contribution in [0, 0.1) is 23.7 Å². The molecule has 3 rings (SSSR count). The zero-order valence-electron chi connectivity index (χ0n) is 15.7. The van der Waals surface area contributed by atoms with Gasteiger partial charge in [0, 0.05) is 22.3 Å². The summed E-state index contributed by atoms with van der Waals surface area (Å²) in [5.74, 6) is 12.9. The van der Waals surface area contributed by atoms with Crippen molar-refractivity contribution in [2.45, 2.75) is 0 Å². The standard InChI is InChI=1S/C25H18O3/c1-27-24-17-13-22(14-18-24)10-8-20-5-3-19(4-6-20)7-9-21-11-15-23(16-12-21)25(26)28-2/h3-6,11-18H,1-2H3. The molecule has 0 amide bonds. The predicted molar refractivity (Wildman–Crippen MR) is 109 cm³/mol. The van der Waals surface area contributed by atoms with Gasteiger partial charge >= 0.3 is 5.97 Å². The van der Waals surface area contributed by atoms with Gasteiger partial charge < -0.3 is 9.47 Å². The van der Waals surface area contributed by atoms with E-state index in [2.05, 4.69) is 28.4 Å². The van der Waals surface area contributed by atoms with Crippen molar-refractivity contribution in [3.8, 4) is 29.4 Å². The molecule has 3 aromatic rings. The van der Waals surface area contributed by atoms with Crippen molar-refractivity contribution in [2.75, 3.05) is 14.2 Å². The molecule has 0 fully saturated rings. The molecule has 0 aliphatic heterocycles. The number of esters is 1. The van der Waals surface area contributed by atoms with Crippen LogP contribution in [0.25, 0.3) is 0 Å². The second kappa shape index (κ2) is 9.12. The molecule has 0 aliphatic carbocycles. The lowest BCUT2D eigenvalue weighted by molar-refractivity contribution is 0.0600. The number of hydrogen-bond donors (Lipinski definition) is 0. The second-order valence-electron chi connectivity index (χ2n) is 5.87. The fourth-order valence-corrected chi connectivity index (χ4v) is 2.41. The van der Waals surface area contributed by atoms with Crippen LogP contribution in [-0.2, 0) is 4.74 Å². The fourth-order valence-electron chi connectivity index (χ4n) is 2.41. The van der Waals surface area contributed by atoms with Crippen molar-refractivity contribution < 1.29 is 14.3 Å². The van der Waals surface area contributed by atoms with Crippen molar-refractivity contribution in [3.63, 3.8) is 0 Å². The Hall–Kier alpha value is -3.95.